The van der Waals surface area contributed by atoms with Crippen molar-refractivity contribution in [2.75, 3.05) is 18.0 Å². The summed E-state index contributed by atoms with van der Waals surface area (Å²) in [5.74, 6) is 1.28. The van der Waals surface area contributed by atoms with Crippen LogP contribution in [-0.4, -0.2) is 32.2 Å². The topological polar surface area (TPSA) is 79.7 Å². The standard InChI is InChI=1S/C19H20N6O/c1-23-16-3-2-7-22-18(16)25(19(23)26)13-14-5-9-24(10-6-14)17-11-15(12-20)4-8-21-17/h2-4,7-8,11,14H,5-6,9-10,13H2,1H3. The highest BCUT2D eigenvalue weighted by atomic mass is 16.1. The summed E-state index contributed by atoms with van der Waals surface area (Å²) in [7, 11) is 1.79. The number of piperidine rings is 1. The first-order chi connectivity index (χ1) is 12.7. The van der Waals surface area contributed by atoms with Crippen molar-refractivity contribution in [1.29, 1.82) is 5.26 Å². The van der Waals surface area contributed by atoms with E-state index in [0.29, 0.717) is 18.0 Å². The maximum atomic E-state index is 12.6. The van der Waals surface area contributed by atoms with E-state index in [4.69, 9.17) is 5.26 Å². The molecule has 0 aromatic carbocycles. The van der Waals surface area contributed by atoms with Crippen molar-refractivity contribution in [3.05, 3.63) is 52.7 Å². The fourth-order valence-electron chi connectivity index (χ4n) is 3.66. The van der Waals surface area contributed by atoms with Crippen LogP contribution in [0.15, 0.2) is 41.5 Å². The highest BCUT2D eigenvalue weighted by Gasteiger charge is 2.23. The number of hydrogen-bond donors (Lipinski definition) is 0. The number of nitriles is 1. The number of fused-ring (bicyclic) bond motifs is 1. The van der Waals surface area contributed by atoms with E-state index in [1.54, 1.807) is 34.6 Å². The van der Waals surface area contributed by atoms with Gasteiger partial charge in [-0.05, 0) is 43.0 Å². The second kappa shape index (κ2) is 6.64. The summed E-state index contributed by atoms with van der Waals surface area (Å²) >= 11 is 0. The highest BCUT2D eigenvalue weighted by molar-refractivity contribution is 5.71. The van der Waals surface area contributed by atoms with E-state index in [1.165, 1.54) is 0 Å². The number of aromatic nitrogens is 4. The van der Waals surface area contributed by atoms with Gasteiger partial charge in [0.2, 0.25) is 0 Å². The third-order valence-electron chi connectivity index (χ3n) is 5.15. The molecule has 0 bridgehead atoms. The number of hydrogen-bond acceptors (Lipinski definition) is 5. The molecular weight excluding hydrogens is 328 g/mol. The molecule has 4 rings (SSSR count). The minimum Gasteiger partial charge on any atom is -0.357 e. The summed E-state index contributed by atoms with van der Waals surface area (Å²) in [6.07, 6.45) is 5.37. The van der Waals surface area contributed by atoms with Crippen LogP contribution in [-0.2, 0) is 13.6 Å². The van der Waals surface area contributed by atoms with Crippen LogP contribution < -0.4 is 10.6 Å². The van der Waals surface area contributed by atoms with E-state index in [1.807, 2.05) is 18.2 Å². The van der Waals surface area contributed by atoms with Gasteiger partial charge < -0.3 is 4.90 Å². The van der Waals surface area contributed by atoms with Crippen LogP contribution in [0.1, 0.15) is 18.4 Å². The molecule has 1 aliphatic rings. The largest absolute Gasteiger partial charge is 0.357 e. The number of aryl methyl sites for hydroxylation is 1. The molecule has 26 heavy (non-hydrogen) atoms. The number of rotatable bonds is 3. The first-order valence-electron chi connectivity index (χ1n) is 8.78. The van der Waals surface area contributed by atoms with Gasteiger partial charge in [0.25, 0.3) is 0 Å². The molecule has 0 amide bonds. The zero-order valence-electron chi connectivity index (χ0n) is 14.7. The average molecular weight is 348 g/mol. The molecule has 7 nitrogen and oxygen atoms in total. The first-order valence-corrected chi connectivity index (χ1v) is 8.78. The van der Waals surface area contributed by atoms with Gasteiger partial charge in [-0.3, -0.25) is 9.13 Å². The molecule has 0 radical (unpaired) electrons. The third-order valence-corrected chi connectivity index (χ3v) is 5.15. The van der Waals surface area contributed by atoms with Crippen LogP contribution in [0.25, 0.3) is 11.2 Å². The summed E-state index contributed by atoms with van der Waals surface area (Å²) in [5, 5.41) is 9.04. The zero-order chi connectivity index (χ0) is 18.1. The Kier molecular flexibility index (Phi) is 4.17. The van der Waals surface area contributed by atoms with Crippen LogP contribution in [0.4, 0.5) is 5.82 Å². The van der Waals surface area contributed by atoms with Gasteiger partial charge in [-0.2, -0.15) is 5.26 Å². The van der Waals surface area contributed by atoms with Crippen LogP contribution in [0.2, 0.25) is 0 Å². The quantitative estimate of drug-likeness (QED) is 0.722. The second-order valence-corrected chi connectivity index (χ2v) is 6.74. The van der Waals surface area contributed by atoms with E-state index in [9.17, 15) is 4.79 Å². The van der Waals surface area contributed by atoms with Crippen LogP contribution in [0.5, 0.6) is 0 Å². The highest BCUT2D eigenvalue weighted by Crippen LogP contribution is 2.24. The summed E-state index contributed by atoms with van der Waals surface area (Å²) in [6.45, 7) is 2.44. The molecule has 4 heterocycles. The van der Waals surface area contributed by atoms with Gasteiger partial charge in [0, 0.05) is 39.1 Å². The van der Waals surface area contributed by atoms with Crippen LogP contribution in [0, 0.1) is 17.2 Å². The number of imidazole rings is 1. The monoisotopic (exact) mass is 348 g/mol. The zero-order valence-corrected chi connectivity index (χ0v) is 14.7. The second-order valence-electron chi connectivity index (χ2n) is 6.74. The van der Waals surface area contributed by atoms with E-state index in [2.05, 4.69) is 20.9 Å². The Balaban J connectivity index is 1.49. The molecule has 132 valence electrons. The van der Waals surface area contributed by atoms with E-state index in [0.717, 1.165) is 42.9 Å². The minimum absolute atomic E-state index is 0.00971. The van der Waals surface area contributed by atoms with Crippen molar-refractivity contribution in [2.45, 2.75) is 19.4 Å². The number of pyridine rings is 2. The lowest BCUT2D eigenvalue weighted by molar-refractivity contribution is 0.354. The molecular formula is C19H20N6O. The molecule has 0 unspecified atom stereocenters. The molecule has 0 saturated carbocycles. The van der Waals surface area contributed by atoms with Gasteiger partial charge in [-0.1, -0.05) is 0 Å². The van der Waals surface area contributed by atoms with Gasteiger partial charge in [0.05, 0.1) is 17.1 Å². The van der Waals surface area contributed by atoms with Gasteiger partial charge in [0.15, 0.2) is 5.65 Å². The minimum atomic E-state index is -0.00971. The SMILES string of the molecule is Cn1c(=O)n(CC2CCN(c3cc(C#N)ccn3)CC2)c2ncccc21. The van der Waals surface area contributed by atoms with Crippen molar-refractivity contribution >= 4 is 17.0 Å². The lowest BCUT2D eigenvalue weighted by atomic mass is 9.96. The van der Waals surface area contributed by atoms with E-state index >= 15 is 0 Å². The molecule has 1 saturated heterocycles. The summed E-state index contributed by atoms with van der Waals surface area (Å²) in [4.78, 5) is 23.5. The van der Waals surface area contributed by atoms with Crippen molar-refractivity contribution in [1.82, 2.24) is 19.1 Å². The van der Waals surface area contributed by atoms with Gasteiger partial charge in [-0.15, -0.1) is 0 Å². The molecule has 3 aromatic heterocycles. The first kappa shape index (κ1) is 16.3. The molecule has 0 N–H and O–H groups in total. The normalized spacial score (nSPS) is 15.3. The van der Waals surface area contributed by atoms with Crippen molar-refractivity contribution in [2.24, 2.45) is 13.0 Å². The summed E-state index contributed by atoms with van der Waals surface area (Å²) < 4.78 is 3.46. The Morgan fingerprint density at radius 3 is 2.81 bits per heavy atom. The van der Waals surface area contributed by atoms with Crippen molar-refractivity contribution in [3.8, 4) is 6.07 Å². The van der Waals surface area contributed by atoms with Crippen molar-refractivity contribution < 1.29 is 0 Å². The fraction of sp³-hybridized carbons (Fsp3) is 0.368. The number of anilines is 1. The average Bonchev–Trinajstić information content (AvgIpc) is 2.94. The Hall–Kier alpha value is -3.14. The maximum absolute atomic E-state index is 12.6. The molecule has 0 atom stereocenters. The van der Waals surface area contributed by atoms with Crippen LogP contribution in [0.3, 0.4) is 0 Å². The Morgan fingerprint density at radius 2 is 2.04 bits per heavy atom. The summed E-state index contributed by atoms with van der Waals surface area (Å²) in [6, 6.07) is 9.49. The smallest absolute Gasteiger partial charge is 0.330 e. The van der Waals surface area contributed by atoms with Crippen molar-refractivity contribution in [3.63, 3.8) is 0 Å². The molecule has 1 fully saturated rings. The van der Waals surface area contributed by atoms with Gasteiger partial charge >= 0.3 is 5.69 Å². The van der Waals surface area contributed by atoms with E-state index in [-0.39, 0.29) is 5.69 Å². The third kappa shape index (κ3) is 2.84. The predicted molar refractivity (Wildman–Crippen MR) is 98.9 cm³/mol. The maximum Gasteiger partial charge on any atom is 0.330 e. The lowest BCUT2D eigenvalue weighted by Gasteiger charge is -2.32. The Morgan fingerprint density at radius 1 is 1.23 bits per heavy atom. The molecule has 1 aliphatic heterocycles. The lowest BCUT2D eigenvalue weighted by Crippen LogP contribution is -2.37. The van der Waals surface area contributed by atoms with Gasteiger partial charge in [0.1, 0.15) is 5.82 Å². The van der Waals surface area contributed by atoms with Crippen LogP contribution >= 0.6 is 0 Å². The molecule has 0 spiro atoms. The van der Waals surface area contributed by atoms with Gasteiger partial charge in [-0.25, -0.2) is 14.8 Å². The number of nitrogens with zero attached hydrogens (tertiary/aromatic N) is 6. The summed E-state index contributed by atoms with van der Waals surface area (Å²) in [5.41, 5.74) is 2.24. The Bertz CT molecular complexity index is 1040. The van der Waals surface area contributed by atoms with E-state index < -0.39 is 0 Å². The Labute approximate surface area is 151 Å². The molecule has 0 aliphatic carbocycles. The molecule has 7 heteroatoms. The fourth-order valence-corrected chi connectivity index (χ4v) is 3.66. The predicted octanol–water partition coefficient (Wildman–Crippen LogP) is 1.92. The molecule has 3 aromatic rings.